The van der Waals surface area contributed by atoms with Gasteiger partial charge in [0.2, 0.25) is 10.0 Å². The van der Waals surface area contributed by atoms with Crippen molar-refractivity contribution in [3.8, 4) is 11.5 Å². The van der Waals surface area contributed by atoms with Crippen molar-refractivity contribution in [3.63, 3.8) is 0 Å². The van der Waals surface area contributed by atoms with Gasteiger partial charge in [0.15, 0.2) is 11.5 Å². The molecule has 2 aromatic rings. The van der Waals surface area contributed by atoms with Crippen molar-refractivity contribution < 1.29 is 26.3 Å². The number of hydrogen-bond acceptors (Lipinski definition) is 6. The first-order valence-electron chi connectivity index (χ1n) is 7.85. The highest BCUT2D eigenvalue weighted by Crippen LogP contribution is 2.37. The number of nitrogens with zero attached hydrogens (tertiary/aromatic N) is 1. The molecule has 26 heavy (non-hydrogen) atoms. The van der Waals surface area contributed by atoms with Crippen LogP contribution in [0.2, 0.25) is 0 Å². The van der Waals surface area contributed by atoms with E-state index in [-0.39, 0.29) is 16.3 Å². The number of hydrogen-bond donors (Lipinski definition) is 1. The fourth-order valence-corrected chi connectivity index (χ4v) is 5.17. The Bertz CT molecular complexity index is 1100. The summed E-state index contributed by atoms with van der Waals surface area (Å²) in [6.07, 6.45) is 0.405. The van der Waals surface area contributed by atoms with Crippen molar-refractivity contribution in [2.45, 2.75) is 16.2 Å². The Morgan fingerprint density at radius 2 is 1.58 bits per heavy atom. The van der Waals surface area contributed by atoms with E-state index in [1.54, 1.807) is 6.07 Å². The first-order valence-corrected chi connectivity index (χ1v) is 10.8. The molecule has 0 atom stereocenters. The average molecular weight is 396 g/mol. The summed E-state index contributed by atoms with van der Waals surface area (Å²) >= 11 is 0. The normalized spacial score (nSPS) is 16.4. The van der Waals surface area contributed by atoms with Crippen molar-refractivity contribution in [2.75, 3.05) is 24.1 Å². The maximum Gasteiger partial charge on any atom is 0.264 e. The average Bonchev–Trinajstić information content (AvgIpc) is 3.04. The quantitative estimate of drug-likeness (QED) is 0.822. The van der Waals surface area contributed by atoms with Gasteiger partial charge in [-0.25, -0.2) is 22.0 Å². The molecular formula is C16H16N2O6S2. The van der Waals surface area contributed by atoms with Crippen LogP contribution < -0.4 is 18.9 Å². The molecule has 138 valence electrons. The van der Waals surface area contributed by atoms with Gasteiger partial charge in [0.25, 0.3) is 10.0 Å². The van der Waals surface area contributed by atoms with Crippen LogP contribution in [0, 0.1) is 0 Å². The number of ether oxygens (including phenoxy) is 2. The van der Waals surface area contributed by atoms with Crippen molar-refractivity contribution in [1.29, 1.82) is 0 Å². The third-order valence-electron chi connectivity index (χ3n) is 4.33. The number of fused-ring (bicyclic) bond motifs is 2. The predicted octanol–water partition coefficient (Wildman–Crippen LogP) is 0.857. The first-order chi connectivity index (χ1) is 12.3. The molecule has 2 aliphatic rings. The van der Waals surface area contributed by atoms with Crippen LogP contribution in [0.15, 0.2) is 46.2 Å². The maximum absolute atomic E-state index is 13.1. The van der Waals surface area contributed by atoms with Gasteiger partial charge in [0, 0.05) is 12.6 Å². The van der Waals surface area contributed by atoms with Crippen LogP contribution in [0.25, 0.3) is 0 Å². The van der Waals surface area contributed by atoms with E-state index in [1.807, 2.05) is 0 Å². The van der Waals surface area contributed by atoms with E-state index in [9.17, 15) is 16.8 Å². The number of nitrogens with two attached hydrogens (primary N) is 1. The Labute approximate surface area is 151 Å². The van der Waals surface area contributed by atoms with Gasteiger partial charge in [0.05, 0.1) is 15.5 Å². The zero-order valence-electron chi connectivity index (χ0n) is 13.6. The molecule has 0 aliphatic carbocycles. The highest BCUT2D eigenvalue weighted by atomic mass is 32.2. The summed E-state index contributed by atoms with van der Waals surface area (Å²) in [6, 6.07) is 8.69. The first kappa shape index (κ1) is 17.1. The minimum Gasteiger partial charge on any atom is -0.486 e. The zero-order valence-corrected chi connectivity index (χ0v) is 15.2. The maximum atomic E-state index is 13.1. The molecule has 4 rings (SSSR count). The molecule has 0 fully saturated rings. The van der Waals surface area contributed by atoms with Gasteiger partial charge in [-0.1, -0.05) is 0 Å². The second-order valence-electron chi connectivity index (χ2n) is 5.97. The lowest BCUT2D eigenvalue weighted by Gasteiger charge is -2.22. The molecule has 8 nitrogen and oxygen atoms in total. The van der Waals surface area contributed by atoms with E-state index in [0.717, 1.165) is 0 Å². The van der Waals surface area contributed by atoms with E-state index >= 15 is 0 Å². The third kappa shape index (κ3) is 2.79. The lowest BCUT2D eigenvalue weighted by Crippen LogP contribution is -2.29. The van der Waals surface area contributed by atoms with Gasteiger partial charge in [-0.3, -0.25) is 4.31 Å². The molecular weight excluding hydrogens is 380 g/mol. The Morgan fingerprint density at radius 1 is 0.885 bits per heavy atom. The molecule has 10 heteroatoms. The molecule has 0 bridgehead atoms. The Balaban J connectivity index is 1.73. The van der Waals surface area contributed by atoms with Crippen molar-refractivity contribution in [1.82, 2.24) is 0 Å². The van der Waals surface area contributed by atoms with E-state index < -0.39 is 20.0 Å². The molecule has 2 heterocycles. The molecule has 2 aliphatic heterocycles. The minimum absolute atomic E-state index is 0.0326. The van der Waals surface area contributed by atoms with Crippen LogP contribution in [0.3, 0.4) is 0 Å². The van der Waals surface area contributed by atoms with Crippen LogP contribution in [-0.2, 0) is 26.5 Å². The summed E-state index contributed by atoms with van der Waals surface area (Å²) in [7, 11) is -7.66. The topological polar surface area (TPSA) is 116 Å². The molecule has 0 aromatic heterocycles. The number of sulfonamides is 2. The number of benzene rings is 2. The van der Waals surface area contributed by atoms with Gasteiger partial charge in [-0.05, 0) is 42.3 Å². The van der Waals surface area contributed by atoms with Crippen molar-refractivity contribution in [2.24, 2.45) is 5.14 Å². The molecule has 0 spiro atoms. The molecule has 2 aromatic carbocycles. The molecule has 0 saturated carbocycles. The molecule has 0 radical (unpaired) electrons. The Hall–Kier alpha value is -2.30. The summed E-state index contributed by atoms with van der Waals surface area (Å²) in [5.74, 6) is 0.899. The smallest absolute Gasteiger partial charge is 0.264 e. The molecule has 2 N–H and O–H groups in total. The van der Waals surface area contributed by atoms with E-state index in [4.69, 9.17) is 14.6 Å². The van der Waals surface area contributed by atoms with Gasteiger partial charge in [-0.15, -0.1) is 0 Å². The lowest BCUT2D eigenvalue weighted by atomic mass is 10.2. The minimum atomic E-state index is -3.84. The summed E-state index contributed by atoms with van der Waals surface area (Å²) in [5.41, 5.74) is 1.07. The molecule has 0 unspecified atom stereocenters. The monoisotopic (exact) mass is 396 g/mol. The summed E-state index contributed by atoms with van der Waals surface area (Å²) in [6.45, 7) is 1.00. The van der Waals surface area contributed by atoms with E-state index in [0.29, 0.717) is 42.4 Å². The van der Waals surface area contributed by atoms with E-state index in [1.165, 1.54) is 34.6 Å². The second-order valence-corrected chi connectivity index (χ2v) is 9.39. The molecule has 0 saturated heterocycles. The van der Waals surface area contributed by atoms with Crippen molar-refractivity contribution in [3.05, 3.63) is 42.0 Å². The zero-order chi connectivity index (χ0) is 18.5. The highest BCUT2D eigenvalue weighted by Gasteiger charge is 2.32. The van der Waals surface area contributed by atoms with E-state index in [2.05, 4.69) is 0 Å². The van der Waals surface area contributed by atoms with Gasteiger partial charge >= 0.3 is 0 Å². The SMILES string of the molecule is NS(=O)(=O)c1ccc2c(c1)CCN2S(=O)(=O)c1ccc2c(c1)OCCO2. The molecule has 0 amide bonds. The fourth-order valence-electron chi connectivity index (χ4n) is 3.09. The Morgan fingerprint density at radius 3 is 2.31 bits per heavy atom. The number of anilines is 1. The van der Waals surface area contributed by atoms with Crippen LogP contribution >= 0.6 is 0 Å². The summed E-state index contributed by atoms with van der Waals surface area (Å²) < 4.78 is 61.2. The predicted molar refractivity (Wildman–Crippen MR) is 93.5 cm³/mol. The third-order valence-corrected chi connectivity index (χ3v) is 7.05. The van der Waals surface area contributed by atoms with Crippen molar-refractivity contribution >= 4 is 25.7 Å². The lowest BCUT2D eigenvalue weighted by molar-refractivity contribution is 0.171. The highest BCUT2D eigenvalue weighted by molar-refractivity contribution is 7.92. The summed E-state index contributed by atoms with van der Waals surface area (Å²) in [5, 5.41) is 5.14. The largest absolute Gasteiger partial charge is 0.486 e. The number of primary sulfonamides is 1. The van der Waals surface area contributed by atoms with Crippen LogP contribution in [-0.4, -0.2) is 36.6 Å². The Kier molecular flexibility index (Phi) is 3.86. The van der Waals surface area contributed by atoms with Crippen LogP contribution in [0.5, 0.6) is 11.5 Å². The number of rotatable bonds is 3. The van der Waals surface area contributed by atoms with Crippen LogP contribution in [0.1, 0.15) is 5.56 Å². The second kappa shape index (κ2) is 5.86. The standard InChI is InChI=1S/C16H16N2O6S2/c17-25(19,20)12-1-3-14-11(9-12)5-6-18(14)26(21,22)13-2-4-15-16(10-13)24-8-7-23-15/h1-4,9-10H,5-8H2,(H2,17,19,20). The van der Waals surface area contributed by atoms with Crippen LogP contribution in [0.4, 0.5) is 5.69 Å². The van der Waals surface area contributed by atoms with Gasteiger partial charge in [-0.2, -0.15) is 0 Å². The fraction of sp³-hybridized carbons (Fsp3) is 0.250. The van der Waals surface area contributed by atoms with Gasteiger partial charge in [0.1, 0.15) is 13.2 Å². The van der Waals surface area contributed by atoms with Gasteiger partial charge < -0.3 is 9.47 Å². The summed E-state index contributed by atoms with van der Waals surface area (Å²) in [4.78, 5) is 0.0555.